The molecular weight excluding hydrogens is 841 g/mol. The number of hydrogen-bond acceptors (Lipinski definition) is 4. The predicted molar refractivity (Wildman–Crippen MR) is 290 cm³/mol. The van der Waals surface area contributed by atoms with E-state index in [1.807, 2.05) is 6.20 Å². The molecule has 0 bridgehead atoms. The Hall–Kier alpha value is -7.89. The first-order chi connectivity index (χ1) is 33.3. The Morgan fingerprint density at radius 2 is 1.09 bits per heavy atom. The van der Waals surface area contributed by atoms with Gasteiger partial charge in [0.15, 0.2) is 0 Å². The zero-order valence-electron chi connectivity index (χ0n) is 40.9. The number of para-hydroxylation sites is 2. The van der Waals surface area contributed by atoms with Gasteiger partial charge >= 0.3 is 0 Å². The van der Waals surface area contributed by atoms with Gasteiger partial charge in [0.1, 0.15) is 24.0 Å². The van der Waals surface area contributed by atoms with Crippen LogP contribution in [0.1, 0.15) is 63.8 Å². The Morgan fingerprint density at radius 3 is 1.77 bits per heavy atom. The van der Waals surface area contributed by atoms with Gasteiger partial charge in [-0.3, -0.25) is 4.57 Å². The monoisotopic (exact) mass is 898 g/mol. The lowest BCUT2D eigenvalue weighted by molar-refractivity contribution is 0.483. The fourth-order valence-corrected chi connectivity index (χ4v) is 10.3. The first-order valence-corrected chi connectivity index (χ1v) is 24.1. The Kier molecular flexibility index (Phi) is 10.8. The van der Waals surface area contributed by atoms with Gasteiger partial charge in [0, 0.05) is 45.9 Å². The van der Waals surface area contributed by atoms with Gasteiger partial charge < -0.3 is 14.5 Å². The summed E-state index contributed by atoms with van der Waals surface area (Å²) in [5.41, 5.74) is 19.1. The lowest BCUT2D eigenvalue weighted by Gasteiger charge is -2.28. The molecule has 0 unspecified atom stereocenters. The van der Waals surface area contributed by atoms with Gasteiger partial charge in [0.2, 0.25) is 0 Å². The van der Waals surface area contributed by atoms with Crippen LogP contribution >= 0.6 is 0 Å². The number of pyridine rings is 1. The van der Waals surface area contributed by atoms with Crippen molar-refractivity contribution in [3.63, 3.8) is 0 Å². The highest BCUT2D eigenvalue weighted by Gasteiger charge is 2.33. The molecule has 0 N–H and O–H groups in total. The highest BCUT2D eigenvalue weighted by Crippen LogP contribution is 2.51. The molecule has 5 nitrogen and oxygen atoms in total. The van der Waals surface area contributed by atoms with E-state index in [9.17, 15) is 0 Å². The molecule has 1 aliphatic rings. The lowest BCUT2D eigenvalue weighted by Crippen LogP contribution is -2.25. The van der Waals surface area contributed by atoms with E-state index in [1.54, 1.807) is 0 Å². The van der Waals surface area contributed by atoms with Gasteiger partial charge in [0.25, 0.3) is 0 Å². The van der Waals surface area contributed by atoms with Crippen molar-refractivity contribution in [3.8, 4) is 50.7 Å². The topological polar surface area (TPSA) is 33.5 Å². The molecule has 0 atom stereocenters. The van der Waals surface area contributed by atoms with Gasteiger partial charge in [-0.15, -0.1) is 0 Å². The minimum Gasteiger partial charge on any atom is -0.457 e. The van der Waals surface area contributed by atoms with E-state index in [0.717, 1.165) is 50.7 Å². The second-order valence-corrected chi connectivity index (χ2v) is 20.7. The normalized spacial score (nSPS) is 12.8. The SMILES string of the molecule is Cc1cc(C(C)(C)C)cc(C)c1-c1ccnc(-n2c3ccccc3c3ccc(Oc4cccc(N5CN(c6c(-c7ccccc7)cccc6-c6ccccc6)c6cc(C(C)(C)C)ccc65)c4)cc32)c1. The molecule has 0 fully saturated rings. The minimum absolute atomic E-state index is 0.0365. The molecule has 69 heavy (non-hydrogen) atoms. The van der Waals surface area contributed by atoms with Crippen molar-refractivity contribution >= 4 is 44.6 Å². The van der Waals surface area contributed by atoms with Crippen molar-refractivity contribution in [3.05, 3.63) is 217 Å². The molecule has 8 aromatic carbocycles. The highest BCUT2D eigenvalue weighted by atomic mass is 16.5. The van der Waals surface area contributed by atoms with Gasteiger partial charge in [-0.1, -0.05) is 163 Å². The Morgan fingerprint density at radius 1 is 0.464 bits per heavy atom. The van der Waals surface area contributed by atoms with E-state index in [1.165, 1.54) is 66.8 Å². The number of anilines is 4. The molecule has 340 valence electrons. The number of benzene rings is 8. The lowest BCUT2D eigenvalue weighted by atomic mass is 9.83. The van der Waals surface area contributed by atoms with E-state index in [2.05, 4.69) is 258 Å². The second-order valence-electron chi connectivity index (χ2n) is 20.7. The number of ether oxygens (including phenoxy) is 1. The van der Waals surface area contributed by atoms with Crippen molar-refractivity contribution in [2.24, 2.45) is 0 Å². The number of nitrogens with zero attached hydrogens (tertiary/aromatic N) is 4. The van der Waals surface area contributed by atoms with Crippen molar-refractivity contribution in [2.45, 2.75) is 66.2 Å². The molecule has 0 aliphatic carbocycles. The highest BCUT2D eigenvalue weighted by molar-refractivity contribution is 6.09. The Balaban J connectivity index is 0.984. The van der Waals surface area contributed by atoms with Crippen LogP contribution in [0.5, 0.6) is 11.5 Å². The first kappa shape index (κ1) is 43.7. The summed E-state index contributed by atoms with van der Waals surface area (Å²) in [4.78, 5) is 9.95. The van der Waals surface area contributed by atoms with Crippen LogP contribution < -0.4 is 14.5 Å². The zero-order valence-corrected chi connectivity index (χ0v) is 40.9. The van der Waals surface area contributed by atoms with Gasteiger partial charge in [-0.05, 0) is 124 Å². The van der Waals surface area contributed by atoms with E-state index in [-0.39, 0.29) is 10.8 Å². The van der Waals surface area contributed by atoms with Crippen LogP contribution in [0.4, 0.5) is 22.7 Å². The van der Waals surface area contributed by atoms with Gasteiger partial charge in [0.05, 0.1) is 28.1 Å². The molecule has 2 aromatic heterocycles. The maximum Gasteiger partial charge on any atom is 0.138 e. The largest absolute Gasteiger partial charge is 0.457 e. The predicted octanol–water partition coefficient (Wildman–Crippen LogP) is 17.4. The summed E-state index contributed by atoms with van der Waals surface area (Å²) in [5, 5.41) is 2.32. The molecule has 11 rings (SSSR count). The average molecular weight is 899 g/mol. The van der Waals surface area contributed by atoms with Crippen LogP contribution in [-0.4, -0.2) is 16.2 Å². The standard InChI is InChI=1S/C64H58N4O/c1-42-35-48(64(6,7)8)36-43(2)61(42)46-33-34-65-60(37-46)68-56-28-16-15-25-54(56)55-31-30-51(40-58(55)68)69-50-24-17-23-49(39-50)66-41-67(59-38-47(63(3,4)5)29-32-57(59)66)62-52(44-19-11-9-12-20-44)26-18-27-53(62)45-21-13-10-14-22-45/h9-40H,41H2,1-8H3. The molecule has 0 saturated heterocycles. The van der Waals surface area contributed by atoms with Crippen LogP contribution in [0.25, 0.3) is 61.0 Å². The van der Waals surface area contributed by atoms with Crippen LogP contribution in [0.3, 0.4) is 0 Å². The summed E-state index contributed by atoms with van der Waals surface area (Å²) < 4.78 is 9.16. The summed E-state index contributed by atoms with van der Waals surface area (Å²) >= 11 is 0. The van der Waals surface area contributed by atoms with Crippen molar-refractivity contribution < 1.29 is 4.74 Å². The van der Waals surface area contributed by atoms with Gasteiger partial charge in [-0.2, -0.15) is 0 Å². The molecule has 0 spiro atoms. The molecule has 1 aliphatic heterocycles. The van der Waals surface area contributed by atoms with Crippen LogP contribution in [-0.2, 0) is 10.8 Å². The molecule has 5 heteroatoms. The third kappa shape index (κ3) is 8.02. The summed E-state index contributed by atoms with van der Waals surface area (Å²) in [7, 11) is 0. The van der Waals surface area contributed by atoms with Gasteiger partial charge in [-0.25, -0.2) is 4.98 Å². The summed E-state index contributed by atoms with van der Waals surface area (Å²) in [5.74, 6) is 2.39. The summed E-state index contributed by atoms with van der Waals surface area (Å²) in [6, 6.07) is 67.9. The van der Waals surface area contributed by atoms with Crippen molar-refractivity contribution in [2.75, 3.05) is 16.5 Å². The summed E-state index contributed by atoms with van der Waals surface area (Å²) in [6.45, 7) is 18.8. The molecule has 0 saturated carbocycles. The van der Waals surface area contributed by atoms with Crippen molar-refractivity contribution in [1.29, 1.82) is 0 Å². The number of aromatic nitrogens is 2. The fraction of sp³-hybridized carbons (Fsp3) is 0.172. The smallest absolute Gasteiger partial charge is 0.138 e. The maximum atomic E-state index is 6.88. The van der Waals surface area contributed by atoms with Crippen LogP contribution in [0.2, 0.25) is 0 Å². The molecule has 3 heterocycles. The number of hydrogen-bond donors (Lipinski definition) is 0. The van der Waals surface area contributed by atoms with E-state index in [4.69, 9.17) is 9.72 Å². The van der Waals surface area contributed by atoms with Crippen LogP contribution in [0, 0.1) is 13.8 Å². The van der Waals surface area contributed by atoms with Crippen LogP contribution in [0.15, 0.2) is 194 Å². The van der Waals surface area contributed by atoms with E-state index < -0.39 is 0 Å². The molecular formula is C64H58N4O. The minimum atomic E-state index is -0.0365. The number of aryl methyl sites for hydroxylation is 2. The van der Waals surface area contributed by atoms with E-state index >= 15 is 0 Å². The number of rotatable bonds is 8. The number of fused-ring (bicyclic) bond motifs is 4. The fourth-order valence-electron chi connectivity index (χ4n) is 10.3. The average Bonchev–Trinajstić information content (AvgIpc) is 3.89. The Labute approximate surface area is 406 Å². The van der Waals surface area contributed by atoms with E-state index in [0.29, 0.717) is 6.67 Å². The maximum absolute atomic E-state index is 6.88. The summed E-state index contributed by atoms with van der Waals surface area (Å²) in [6.07, 6.45) is 1.94. The van der Waals surface area contributed by atoms with Crippen molar-refractivity contribution in [1.82, 2.24) is 9.55 Å². The zero-order chi connectivity index (χ0) is 47.6. The quantitative estimate of drug-likeness (QED) is 0.152. The third-order valence-corrected chi connectivity index (χ3v) is 13.9. The Bertz CT molecular complexity index is 3480. The molecule has 0 amide bonds. The second kappa shape index (κ2) is 17.0. The molecule has 10 aromatic rings. The first-order valence-electron chi connectivity index (χ1n) is 24.1. The third-order valence-electron chi connectivity index (χ3n) is 13.9. The molecule has 0 radical (unpaired) electrons.